The van der Waals surface area contributed by atoms with E-state index in [-0.39, 0.29) is 29.7 Å². The molecule has 1 aliphatic heterocycles. The van der Waals surface area contributed by atoms with Crippen molar-refractivity contribution in [3.63, 3.8) is 0 Å². The van der Waals surface area contributed by atoms with Crippen molar-refractivity contribution < 1.29 is 11.7 Å². The third kappa shape index (κ3) is 3.94. The van der Waals surface area contributed by atoms with Gasteiger partial charge in [0.2, 0.25) is 11.2 Å². The van der Waals surface area contributed by atoms with Gasteiger partial charge in [-0.3, -0.25) is 0 Å². The van der Waals surface area contributed by atoms with Crippen molar-refractivity contribution in [2.24, 2.45) is 5.41 Å². The molecule has 1 aliphatic carbocycles. The van der Waals surface area contributed by atoms with E-state index in [1.54, 1.807) is 12.1 Å². The second kappa shape index (κ2) is 7.02. The minimum atomic E-state index is -5.31. The fraction of sp³-hybridized carbons (Fsp3) is 0.588. The second-order valence-corrected chi connectivity index (χ2v) is 8.54. The minimum absolute atomic E-state index is 0.0316. The molecule has 0 aromatic carbocycles. The number of hydrogen-bond acceptors (Lipinski definition) is 4. The van der Waals surface area contributed by atoms with Crippen molar-refractivity contribution in [3.05, 3.63) is 22.4 Å². The molecule has 0 saturated carbocycles. The lowest BCUT2D eigenvalue weighted by molar-refractivity contribution is 0.203. The summed E-state index contributed by atoms with van der Waals surface area (Å²) in [5.74, 6) is 0. The molecule has 2 aliphatic rings. The van der Waals surface area contributed by atoms with Crippen LogP contribution in [0.5, 0.6) is 0 Å². The average Bonchev–Trinajstić information content (AvgIpc) is 2.54. The van der Waals surface area contributed by atoms with Crippen LogP contribution < -0.4 is 0 Å². The molecular formula is C17H19F3N4S. The maximum absolute atomic E-state index is 13.6. The highest BCUT2D eigenvalue weighted by Crippen LogP contribution is 2.62. The maximum atomic E-state index is 13.6. The van der Waals surface area contributed by atoms with E-state index in [0.717, 1.165) is 0 Å². The number of halogens is 3. The number of allylic oxidation sites excluding steroid dienone is 4. The molecule has 0 N–H and O–H groups in total. The van der Waals surface area contributed by atoms with Crippen molar-refractivity contribution >= 4 is 11.2 Å². The Morgan fingerprint density at radius 2 is 1.76 bits per heavy atom. The predicted octanol–water partition coefficient (Wildman–Crippen LogP) is 5.20. The summed E-state index contributed by atoms with van der Waals surface area (Å²) in [6.07, 6.45) is 1.83. The first kappa shape index (κ1) is 19.2. The molecule has 4 nitrogen and oxygen atoms in total. The average molecular weight is 368 g/mol. The number of piperidine rings is 1. The van der Waals surface area contributed by atoms with Crippen molar-refractivity contribution in [3.8, 4) is 18.2 Å². The second-order valence-electron chi connectivity index (χ2n) is 7.11. The smallest absolute Gasteiger partial charge is 0.230 e. The van der Waals surface area contributed by atoms with E-state index in [9.17, 15) is 27.4 Å². The van der Waals surface area contributed by atoms with Gasteiger partial charge in [0.15, 0.2) is 0 Å². The zero-order chi connectivity index (χ0) is 18.8. The number of nitrogens with zero attached hydrogens (tertiary/aromatic N) is 4. The lowest BCUT2D eigenvalue weighted by atomic mass is 9.72. The topological polar surface area (TPSA) is 74.6 Å². The number of nitriles is 3. The lowest BCUT2D eigenvalue weighted by Crippen LogP contribution is -2.42. The Labute approximate surface area is 148 Å². The molecule has 0 spiro atoms. The summed E-state index contributed by atoms with van der Waals surface area (Å²) >= 11 is -5.31. The molecule has 0 bridgehead atoms. The molecule has 1 atom stereocenters. The Balaban J connectivity index is 2.66. The molecule has 1 saturated heterocycles. The highest BCUT2D eigenvalue weighted by Gasteiger charge is 2.44. The number of hydrogen-bond donors (Lipinski definition) is 0. The zero-order valence-corrected chi connectivity index (χ0v) is 15.0. The molecule has 1 heterocycles. The quantitative estimate of drug-likeness (QED) is 0.628. The van der Waals surface area contributed by atoms with Crippen LogP contribution in [0, 0.1) is 39.4 Å². The van der Waals surface area contributed by atoms with E-state index in [1.807, 2.05) is 19.9 Å². The number of likely N-dealkylation sites (tertiary alicyclic amines) is 1. The Morgan fingerprint density at radius 3 is 2.28 bits per heavy atom. The van der Waals surface area contributed by atoms with Gasteiger partial charge >= 0.3 is 0 Å². The van der Waals surface area contributed by atoms with Crippen LogP contribution in [0.25, 0.3) is 0 Å². The Bertz CT molecular complexity index is 728. The molecule has 0 amide bonds. The van der Waals surface area contributed by atoms with Gasteiger partial charge in [-0.1, -0.05) is 13.8 Å². The van der Waals surface area contributed by atoms with Crippen LogP contribution in [0.2, 0.25) is 0 Å². The molecule has 0 aromatic rings. The third-order valence-electron chi connectivity index (χ3n) is 4.63. The molecular weight excluding hydrogens is 349 g/mol. The highest BCUT2D eigenvalue weighted by atomic mass is 32.3. The standard InChI is InChI=1S/C17H19F3N4S/c1-17(2)7-13(12(9-21)10-22)14(11-23)15(8-17)24-6-4-3-5-16(24)25(18,19)20/h16H,3-8H2,1-2H3. The fourth-order valence-electron chi connectivity index (χ4n) is 3.58. The summed E-state index contributed by atoms with van der Waals surface area (Å²) in [7, 11) is 0. The van der Waals surface area contributed by atoms with E-state index < -0.39 is 22.0 Å². The van der Waals surface area contributed by atoms with Crippen molar-refractivity contribution in [2.75, 3.05) is 6.54 Å². The summed E-state index contributed by atoms with van der Waals surface area (Å²) in [5, 5.41) is 26.4. The van der Waals surface area contributed by atoms with Crippen molar-refractivity contribution in [2.45, 2.75) is 51.3 Å². The van der Waals surface area contributed by atoms with Crippen LogP contribution in [0.4, 0.5) is 11.7 Å². The number of rotatable bonds is 2. The molecule has 2 rings (SSSR count). The van der Waals surface area contributed by atoms with Crippen molar-refractivity contribution in [1.82, 2.24) is 4.90 Å². The summed E-state index contributed by atoms with van der Waals surface area (Å²) in [6, 6.07) is 5.55. The van der Waals surface area contributed by atoms with Gasteiger partial charge in [0.05, 0.1) is 5.57 Å². The highest BCUT2D eigenvalue weighted by molar-refractivity contribution is 8.21. The third-order valence-corrected chi connectivity index (χ3v) is 5.74. The normalized spacial score (nSPS) is 24.2. The van der Waals surface area contributed by atoms with Crippen LogP contribution in [0.15, 0.2) is 22.4 Å². The SMILES string of the molecule is CC1(C)CC(=C(C#N)C#N)C(C#N)=C(N2CCCCC2S(F)(F)F)C1. The van der Waals surface area contributed by atoms with E-state index in [0.29, 0.717) is 31.4 Å². The molecule has 134 valence electrons. The van der Waals surface area contributed by atoms with E-state index in [2.05, 4.69) is 0 Å². The first-order chi connectivity index (χ1) is 11.6. The maximum Gasteiger partial charge on any atom is 0.230 e. The van der Waals surface area contributed by atoms with Gasteiger partial charge in [0.25, 0.3) is 0 Å². The van der Waals surface area contributed by atoms with Crippen LogP contribution in [0.1, 0.15) is 46.0 Å². The van der Waals surface area contributed by atoms with Crippen LogP contribution >= 0.6 is 11.2 Å². The van der Waals surface area contributed by atoms with Crippen LogP contribution in [0.3, 0.4) is 0 Å². The first-order valence-corrected chi connectivity index (χ1v) is 9.39. The fourth-order valence-corrected chi connectivity index (χ4v) is 4.54. The molecule has 25 heavy (non-hydrogen) atoms. The van der Waals surface area contributed by atoms with Gasteiger partial charge in [-0.2, -0.15) is 15.8 Å². The predicted molar refractivity (Wildman–Crippen MR) is 89.2 cm³/mol. The Hall–Kier alpha value is -2.11. The minimum Gasteiger partial charge on any atom is -0.357 e. The summed E-state index contributed by atoms with van der Waals surface area (Å²) < 4.78 is 40.7. The molecule has 0 aromatic heterocycles. The summed E-state index contributed by atoms with van der Waals surface area (Å²) in [6.45, 7) is 4.01. The van der Waals surface area contributed by atoms with Gasteiger partial charge < -0.3 is 4.90 Å². The molecule has 1 unspecified atom stereocenters. The Kier molecular flexibility index (Phi) is 5.40. The van der Waals surface area contributed by atoms with Crippen molar-refractivity contribution in [1.29, 1.82) is 15.8 Å². The largest absolute Gasteiger partial charge is 0.357 e. The van der Waals surface area contributed by atoms with Gasteiger partial charge in [-0.05, 0) is 37.5 Å². The van der Waals surface area contributed by atoms with E-state index >= 15 is 0 Å². The lowest BCUT2D eigenvalue weighted by Gasteiger charge is -2.45. The van der Waals surface area contributed by atoms with Gasteiger partial charge in [-0.25, -0.2) is 0 Å². The Morgan fingerprint density at radius 1 is 1.12 bits per heavy atom. The molecule has 1 fully saturated rings. The van der Waals surface area contributed by atoms with E-state index in [1.165, 1.54) is 4.90 Å². The summed E-state index contributed by atoms with van der Waals surface area (Å²) in [5.41, 5.74) is 0.0848. The van der Waals surface area contributed by atoms with Crippen LogP contribution in [-0.2, 0) is 0 Å². The first-order valence-electron chi connectivity index (χ1n) is 7.99. The zero-order valence-electron chi connectivity index (χ0n) is 14.2. The van der Waals surface area contributed by atoms with Crippen LogP contribution in [-0.4, -0.2) is 16.8 Å². The summed E-state index contributed by atoms with van der Waals surface area (Å²) in [4.78, 5) is 1.32. The monoisotopic (exact) mass is 368 g/mol. The molecule has 0 radical (unpaired) electrons. The van der Waals surface area contributed by atoms with Gasteiger partial charge in [0, 0.05) is 17.8 Å². The van der Waals surface area contributed by atoms with E-state index in [4.69, 9.17) is 0 Å². The van der Waals surface area contributed by atoms with Gasteiger partial charge in [0.1, 0.15) is 29.2 Å². The molecule has 8 heteroatoms. The van der Waals surface area contributed by atoms with Gasteiger partial charge in [-0.15, -0.1) is 11.7 Å².